The summed E-state index contributed by atoms with van der Waals surface area (Å²) in [6, 6.07) is 13.4. The van der Waals surface area contributed by atoms with Crippen LogP contribution in [0.2, 0.25) is 5.02 Å². The largest absolute Gasteiger partial charge is 0.490 e. The summed E-state index contributed by atoms with van der Waals surface area (Å²) in [6.07, 6.45) is 0. The number of rotatable bonds is 9. The molecule has 0 aromatic heterocycles. The van der Waals surface area contributed by atoms with Crippen molar-refractivity contribution in [2.75, 3.05) is 19.8 Å². The van der Waals surface area contributed by atoms with Crippen molar-refractivity contribution >= 4 is 24.0 Å². The van der Waals surface area contributed by atoms with E-state index >= 15 is 0 Å². The van der Waals surface area contributed by atoms with Gasteiger partial charge in [-0.15, -0.1) is 12.4 Å². The van der Waals surface area contributed by atoms with Gasteiger partial charge in [-0.05, 0) is 30.7 Å². The molecule has 0 amide bonds. The number of ether oxygens (including phenoxy) is 2. The molecule has 0 aliphatic carbocycles. The van der Waals surface area contributed by atoms with Gasteiger partial charge in [0.1, 0.15) is 6.61 Å². The van der Waals surface area contributed by atoms with Crippen LogP contribution in [-0.4, -0.2) is 24.9 Å². The van der Waals surface area contributed by atoms with Gasteiger partial charge in [0.05, 0.1) is 13.2 Å². The summed E-state index contributed by atoms with van der Waals surface area (Å²) in [5.74, 6) is 1.46. The van der Waals surface area contributed by atoms with Crippen molar-refractivity contribution in [3.63, 3.8) is 0 Å². The number of nitrogens with one attached hydrogen (secondary N) is 1. The molecule has 2 N–H and O–H groups in total. The zero-order valence-electron chi connectivity index (χ0n) is 13.6. The summed E-state index contributed by atoms with van der Waals surface area (Å²) in [5.41, 5.74) is 2.04. The summed E-state index contributed by atoms with van der Waals surface area (Å²) in [6.45, 7) is 4.21. The molecule has 2 aromatic carbocycles. The van der Waals surface area contributed by atoms with Crippen LogP contribution in [0.1, 0.15) is 18.1 Å². The molecule has 0 radical (unpaired) electrons. The first-order valence-electron chi connectivity index (χ1n) is 7.68. The minimum atomic E-state index is 0. The van der Waals surface area contributed by atoms with E-state index in [1.54, 1.807) is 0 Å². The Labute approximate surface area is 154 Å². The van der Waals surface area contributed by atoms with Crippen LogP contribution in [0.3, 0.4) is 0 Å². The Morgan fingerprint density at radius 2 is 1.83 bits per heavy atom. The lowest BCUT2D eigenvalue weighted by Gasteiger charge is -2.16. The number of para-hydroxylation sites is 1. The third-order valence-electron chi connectivity index (χ3n) is 3.26. The highest BCUT2D eigenvalue weighted by molar-refractivity contribution is 6.30. The smallest absolute Gasteiger partial charge is 0.166 e. The molecule has 0 heterocycles. The number of hydrogen-bond donors (Lipinski definition) is 2. The lowest BCUT2D eigenvalue weighted by molar-refractivity contribution is 0.264. The van der Waals surface area contributed by atoms with E-state index in [1.807, 2.05) is 49.4 Å². The van der Waals surface area contributed by atoms with Crippen molar-refractivity contribution < 1.29 is 14.6 Å². The third-order valence-corrected chi connectivity index (χ3v) is 3.51. The van der Waals surface area contributed by atoms with Gasteiger partial charge < -0.3 is 19.9 Å². The van der Waals surface area contributed by atoms with E-state index < -0.39 is 0 Å². The number of benzene rings is 2. The molecular weight excluding hydrogens is 349 g/mol. The van der Waals surface area contributed by atoms with E-state index in [9.17, 15) is 0 Å². The second kappa shape index (κ2) is 11.2. The Hall–Kier alpha value is -1.46. The predicted octanol–water partition coefficient (Wildman–Crippen LogP) is 3.82. The summed E-state index contributed by atoms with van der Waals surface area (Å²) >= 11 is 5.90. The van der Waals surface area contributed by atoms with Crippen molar-refractivity contribution in [2.24, 2.45) is 0 Å². The number of halogens is 2. The van der Waals surface area contributed by atoms with E-state index in [0.717, 1.165) is 22.6 Å². The SMILES string of the molecule is CCOc1cccc(CNCCO)c1OCc1ccc(Cl)cc1.Cl. The maximum absolute atomic E-state index is 8.90. The Kier molecular flexibility index (Phi) is 9.57. The maximum atomic E-state index is 8.90. The molecule has 0 saturated carbocycles. The molecule has 6 heteroatoms. The molecule has 0 atom stereocenters. The minimum absolute atomic E-state index is 0. The van der Waals surface area contributed by atoms with Gasteiger partial charge in [0.2, 0.25) is 0 Å². The third kappa shape index (κ3) is 6.21. The molecule has 24 heavy (non-hydrogen) atoms. The van der Waals surface area contributed by atoms with E-state index in [0.29, 0.717) is 31.3 Å². The second-order valence-corrected chi connectivity index (χ2v) is 5.43. The molecule has 0 bridgehead atoms. The first-order valence-corrected chi connectivity index (χ1v) is 8.06. The summed E-state index contributed by atoms with van der Waals surface area (Å²) in [7, 11) is 0. The van der Waals surface area contributed by atoms with E-state index in [1.165, 1.54) is 0 Å². The highest BCUT2D eigenvalue weighted by Gasteiger charge is 2.11. The fraction of sp³-hybridized carbons (Fsp3) is 0.333. The van der Waals surface area contributed by atoms with Gasteiger partial charge in [0.15, 0.2) is 11.5 Å². The Morgan fingerprint density at radius 1 is 1.08 bits per heavy atom. The fourth-order valence-electron chi connectivity index (χ4n) is 2.17. The lowest BCUT2D eigenvalue weighted by atomic mass is 10.1. The predicted molar refractivity (Wildman–Crippen MR) is 99.4 cm³/mol. The zero-order valence-corrected chi connectivity index (χ0v) is 15.2. The second-order valence-electron chi connectivity index (χ2n) is 4.99. The van der Waals surface area contributed by atoms with Crippen LogP contribution in [0.5, 0.6) is 11.5 Å². The molecular formula is C18H23Cl2NO3. The monoisotopic (exact) mass is 371 g/mol. The van der Waals surface area contributed by atoms with Crippen molar-refractivity contribution in [1.29, 1.82) is 0 Å². The summed E-state index contributed by atoms with van der Waals surface area (Å²) in [4.78, 5) is 0. The Morgan fingerprint density at radius 3 is 2.50 bits per heavy atom. The quantitative estimate of drug-likeness (QED) is 0.657. The highest BCUT2D eigenvalue weighted by atomic mass is 35.5. The number of aliphatic hydroxyl groups is 1. The summed E-state index contributed by atoms with van der Waals surface area (Å²) < 4.78 is 11.7. The van der Waals surface area contributed by atoms with Gasteiger partial charge in [-0.3, -0.25) is 0 Å². The van der Waals surface area contributed by atoms with Crippen LogP contribution in [0.15, 0.2) is 42.5 Å². The average Bonchev–Trinajstić information content (AvgIpc) is 2.56. The molecule has 2 rings (SSSR count). The van der Waals surface area contributed by atoms with E-state index in [4.69, 9.17) is 26.2 Å². The van der Waals surface area contributed by atoms with Crippen LogP contribution in [0.4, 0.5) is 0 Å². The van der Waals surface area contributed by atoms with Gasteiger partial charge in [-0.25, -0.2) is 0 Å². The van der Waals surface area contributed by atoms with E-state index in [2.05, 4.69) is 5.32 Å². The normalized spacial score (nSPS) is 10.1. The number of hydrogen-bond acceptors (Lipinski definition) is 4. The van der Waals surface area contributed by atoms with Crippen molar-refractivity contribution in [3.05, 3.63) is 58.6 Å². The van der Waals surface area contributed by atoms with Gasteiger partial charge >= 0.3 is 0 Å². The molecule has 132 valence electrons. The molecule has 0 spiro atoms. The topological polar surface area (TPSA) is 50.7 Å². The zero-order chi connectivity index (χ0) is 16.5. The van der Waals surface area contributed by atoms with Gasteiger partial charge in [0.25, 0.3) is 0 Å². The first kappa shape index (κ1) is 20.6. The Bertz CT molecular complexity index is 606. The van der Waals surface area contributed by atoms with Crippen LogP contribution < -0.4 is 14.8 Å². The van der Waals surface area contributed by atoms with Crippen LogP contribution in [0.25, 0.3) is 0 Å². The van der Waals surface area contributed by atoms with Crippen molar-refractivity contribution in [1.82, 2.24) is 5.32 Å². The summed E-state index contributed by atoms with van der Waals surface area (Å²) in [5, 5.41) is 12.8. The Balaban J connectivity index is 0.00000288. The van der Waals surface area contributed by atoms with Gasteiger partial charge in [0, 0.05) is 23.7 Å². The first-order chi connectivity index (χ1) is 11.2. The van der Waals surface area contributed by atoms with Crippen LogP contribution in [0, 0.1) is 0 Å². The van der Waals surface area contributed by atoms with Crippen molar-refractivity contribution in [2.45, 2.75) is 20.1 Å². The van der Waals surface area contributed by atoms with Crippen LogP contribution >= 0.6 is 24.0 Å². The maximum Gasteiger partial charge on any atom is 0.166 e. The molecule has 2 aromatic rings. The molecule has 0 aliphatic heterocycles. The fourth-order valence-corrected chi connectivity index (χ4v) is 2.30. The highest BCUT2D eigenvalue weighted by Crippen LogP contribution is 2.32. The van der Waals surface area contributed by atoms with E-state index in [-0.39, 0.29) is 19.0 Å². The lowest BCUT2D eigenvalue weighted by Crippen LogP contribution is -2.18. The average molecular weight is 372 g/mol. The number of aliphatic hydroxyl groups excluding tert-OH is 1. The molecule has 0 saturated heterocycles. The van der Waals surface area contributed by atoms with Crippen LogP contribution in [-0.2, 0) is 13.2 Å². The molecule has 0 unspecified atom stereocenters. The van der Waals surface area contributed by atoms with Gasteiger partial charge in [-0.2, -0.15) is 0 Å². The molecule has 4 nitrogen and oxygen atoms in total. The van der Waals surface area contributed by atoms with Crippen molar-refractivity contribution in [3.8, 4) is 11.5 Å². The van der Waals surface area contributed by atoms with Gasteiger partial charge in [-0.1, -0.05) is 35.9 Å². The minimum Gasteiger partial charge on any atom is -0.490 e. The standard InChI is InChI=1S/C18H22ClNO3.ClH/c1-2-22-17-5-3-4-15(12-20-10-11-21)18(17)23-13-14-6-8-16(19)9-7-14;/h3-9,20-21H,2,10-13H2,1H3;1H. The molecule has 0 fully saturated rings. The molecule has 0 aliphatic rings.